The first kappa shape index (κ1) is 16.4. The lowest BCUT2D eigenvalue weighted by Gasteiger charge is -2.30. The van der Waals surface area contributed by atoms with E-state index in [0.717, 1.165) is 22.7 Å². The van der Waals surface area contributed by atoms with Gasteiger partial charge in [0.15, 0.2) is 0 Å². The van der Waals surface area contributed by atoms with Gasteiger partial charge in [0.05, 0.1) is 16.6 Å². The number of hydrogen-bond donors (Lipinski definition) is 1. The van der Waals surface area contributed by atoms with E-state index in [1.807, 2.05) is 24.4 Å². The van der Waals surface area contributed by atoms with E-state index < -0.39 is 6.03 Å². The van der Waals surface area contributed by atoms with Crippen molar-refractivity contribution in [2.75, 3.05) is 13.1 Å². The van der Waals surface area contributed by atoms with Crippen molar-refractivity contribution in [3.05, 3.63) is 34.7 Å². The zero-order valence-corrected chi connectivity index (χ0v) is 14.2. The van der Waals surface area contributed by atoms with Gasteiger partial charge in [0.25, 0.3) is 0 Å². The number of nitrogens with two attached hydrogens (primary N) is 1. The van der Waals surface area contributed by atoms with Crippen LogP contribution in [-0.2, 0) is 4.79 Å². The van der Waals surface area contributed by atoms with Crippen LogP contribution < -0.4 is 10.5 Å². The molecule has 2 amide bonds. The van der Waals surface area contributed by atoms with Crippen molar-refractivity contribution in [1.29, 1.82) is 0 Å². The minimum absolute atomic E-state index is 0.321. The summed E-state index contributed by atoms with van der Waals surface area (Å²) in [7, 11) is 0. The number of esters is 1. The van der Waals surface area contributed by atoms with E-state index in [1.165, 1.54) is 4.90 Å². The SMILES string of the molecule is Cc1nc(-c2ccc(OC(=O)[C@@H]3CCCN(C(N)=O)C3)cc2)cs1. The third-order valence-electron chi connectivity index (χ3n) is 4.05. The third kappa shape index (κ3) is 3.73. The van der Waals surface area contributed by atoms with Gasteiger partial charge in [-0.1, -0.05) is 0 Å². The molecule has 1 atom stereocenters. The van der Waals surface area contributed by atoms with Crippen LogP contribution in [0, 0.1) is 12.8 Å². The molecule has 0 bridgehead atoms. The van der Waals surface area contributed by atoms with Gasteiger partial charge in [-0.3, -0.25) is 4.79 Å². The van der Waals surface area contributed by atoms with Crippen LogP contribution in [-0.4, -0.2) is 35.0 Å². The molecule has 2 N–H and O–H groups in total. The Hall–Kier alpha value is -2.41. The van der Waals surface area contributed by atoms with Crippen LogP contribution in [0.2, 0.25) is 0 Å². The highest BCUT2D eigenvalue weighted by atomic mass is 32.1. The van der Waals surface area contributed by atoms with Crippen molar-refractivity contribution < 1.29 is 14.3 Å². The van der Waals surface area contributed by atoms with Gasteiger partial charge in [0, 0.05) is 24.0 Å². The molecule has 1 aromatic heterocycles. The molecule has 0 saturated carbocycles. The summed E-state index contributed by atoms with van der Waals surface area (Å²) < 4.78 is 5.44. The zero-order chi connectivity index (χ0) is 17.1. The smallest absolute Gasteiger partial charge is 0.316 e. The predicted molar refractivity (Wildman–Crippen MR) is 91.8 cm³/mol. The fourth-order valence-electron chi connectivity index (χ4n) is 2.76. The molecule has 1 aliphatic rings. The number of likely N-dealkylation sites (tertiary alicyclic amines) is 1. The lowest BCUT2D eigenvalue weighted by atomic mass is 9.98. The first-order valence-electron chi connectivity index (χ1n) is 7.81. The molecule has 126 valence electrons. The Morgan fingerprint density at radius 2 is 2.08 bits per heavy atom. The number of thiazole rings is 1. The van der Waals surface area contributed by atoms with E-state index in [2.05, 4.69) is 4.98 Å². The Morgan fingerprint density at radius 1 is 1.33 bits per heavy atom. The molecule has 1 saturated heterocycles. The Bertz CT molecular complexity index is 742. The fraction of sp³-hybridized carbons (Fsp3) is 0.353. The first-order chi connectivity index (χ1) is 11.5. The standard InChI is InChI=1S/C17H19N3O3S/c1-11-19-15(10-24-11)12-4-6-14(7-5-12)23-16(21)13-3-2-8-20(9-13)17(18)22/h4-7,10,13H,2-3,8-9H2,1H3,(H2,18,22)/t13-/m1/s1. The van der Waals surface area contributed by atoms with E-state index in [0.29, 0.717) is 25.3 Å². The normalized spacial score (nSPS) is 17.5. The summed E-state index contributed by atoms with van der Waals surface area (Å²) in [4.78, 5) is 29.4. The van der Waals surface area contributed by atoms with Gasteiger partial charge in [0.2, 0.25) is 0 Å². The minimum Gasteiger partial charge on any atom is -0.426 e. The lowest BCUT2D eigenvalue weighted by Crippen LogP contribution is -2.45. The van der Waals surface area contributed by atoms with Crippen molar-refractivity contribution in [2.24, 2.45) is 11.7 Å². The predicted octanol–water partition coefficient (Wildman–Crippen LogP) is 2.81. The van der Waals surface area contributed by atoms with Crippen molar-refractivity contribution in [2.45, 2.75) is 19.8 Å². The average Bonchev–Trinajstić information content (AvgIpc) is 3.02. The molecular formula is C17H19N3O3S. The molecule has 6 nitrogen and oxygen atoms in total. The first-order valence-corrected chi connectivity index (χ1v) is 8.69. The maximum Gasteiger partial charge on any atom is 0.316 e. The quantitative estimate of drug-likeness (QED) is 0.685. The number of carbonyl (C=O) groups excluding carboxylic acids is 2. The van der Waals surface area contributed by atoms with Crippen LogP contribution >= 0.6 is 11.3 Å². The zero-order valence-electron chi connectivity index (χ0n) is 13.4. The molecule has 0 spiro atoms. The van der Waals surface area contributed by atoms with E-state index in [9.17, 15) is 9.59 Å². The molecule has 7 heteroatoms. The molecule has 24 heavy (non-hydrogen) atoms. The van der Waals surface area contributed by atoms with Crippen molar-refractivity contribution >= 4 is 23.3 Å². The van der Waals surface area contributed by atoms with Gasteiger partial charge >= 0.3 is 12.0 Å². The van der Waals surface area contributed by atoms with E-state index in [-0.39, 0.29) is 11.9 Å². The van der Waals surface area contributed by atoms with Gasteiger partial charge in [0.1, 0.15) is 5.75 Å². The topological polar surface area (TPSA) is 85.5 Å². The Labute approximate surface area is 144 Å². The molecule has 2 heterocycles. The highest BCUT2D eigenvalue weighted by Crippen LogP contribution is 2.25. The number of nitrogens with zero attached hydrogens (tertiary/aromatic N) is 2. The number of urea groups is 1. The van der Waals surface area contributed by atoms with E-state index >= 15 is 0 Å². The Morgan fingerprint density at radius 3 is 2.71 bits per heavy atom. The summed E-state index contributed by atoms with van der Waals surface area (Å²) >= 11 is 1.60. The van der Waals surface area contributed by atoms with E-state index in [1.54, 1.807) is 23.5 Å². The highest BCUT2D eigenvalue weighted by Gasteiger charge is 2.28. The number of primary amides is 1. The maximum absolute atomic E-state index is 12.3. The molecule has 3 rings (SSSR count). The van der Waals surface area contributed by atoms with Gasteiger partial charge in [-0.05, 0) is 44.0 Å². The van der Waals surface area contributed by atoms with Crippen LogP contribution in [0.15, 0.2) is 29.6 Å². The maximum atomic E-state index is 12.3. The number of carbonyl (C=O) groups is 2. The monoisotopic (exact) mass is 345 g/mol. The van der Waals surface area contributed by atoms with Crippen LogP contribution in [0.4, 0.5) is 4.79 Å². The summed E-state index contributed by atoms with van der Waals surface area (Å²) in [5.41, 5.74) is 7.19. The third-order valence-corrected chi connectivity index (χ3v) is 4.83. The highest BCUT2D eigenvalue weighted by molar-refractivity contribution is 7.09. The van der Waals surface area contributed by atoms with Crippen LogP contribution in [0.3, 0.4) is 0 Å². The fourth-order valence-corrected chi connectivity index (χ4v) is 3.38. The molecule has 0 aliphatic carbocycles. The summed E-state index contributed by atoms with van der Waals surface area (Å²) in [6, 6.07) is 6.80. The summed E-state index contributed by atoms with van der Waals surface area (Å²) in [6.45, 7) is 2.88. The van der Waals surface area contributed by atoms with Crippen LogP contribution in [0.25, 0.3) is 11.3 Å². The number of piperidine rings is 1. The molecule has 0 radical (unpaired) electrons. The summed E-state index contributed by atoms with van der Waals surface area (Å²) in [5, 5.41) is 3.01. The van der Waals surface area contributed by atoms with Gasteiger partial charge in [-0.2, -0.15) is 0 Å². The Kier molecular flexibility index (Phi) is 4.80. The molecular weight excluding hydrogens is 326 g/mol. The molecule has 1 fully saturated rings. The number of ether oxygens (including phenoxy) is 1. The average molecular weight is 345 g/mol. The number of benzene rings is 1. The van der Waals surface area contributed by atoms with Crippen LogP contribution in [0.1, 0.15) is 17.8 Å². The molecule has 2 aromatic rings. The van der Waals surface area contributed by atoms with Gasteiger partial charge in [-0.25, -0.2) is 9.78 Å². The number of amides is 2. The minimum atomic E-state index is -0.490. The largest absolute Gasteiger partial charge is 0.426 e. The molecule has 1 aromatic carbocycles. The van der Waals surface area contributed by atoms with Gasteiger partial charge < -0.3 is 15.4 Å². The summed E-state index contributed by atoms with van der Waals surface area (Å²) in [6.07, 6.45) is 1.46. The second-order valence-electron chi connectivity index (χ2n) is 5.82. The number of hydrogen-bond acceptors (Lipinski definition) is 5. The van der Waals surface area contributed by atoms with Crippen molar-refractivity contribution in [3.63, 3.8) is 0 Å². The molecule has 1 aliphatic heterocycles. The van der Waals surface area contributed by atoms with Gasteiger partial charge in [-0.15, -0.1) is 11.3 Å². The lowest BCUT2D eigenvalue weighted by molar-refractivity contribution is -0.140. The molecule has 0 unspecified atom stereocenters. The second-order valence-corrected chi connectivity index (χ2v) is 6.88. The Balaban J connectivity index is 1.63. The number of aryl methyl sites for hydroxylation is 1. The number of rotatable bonds is 3. The van der Waals surface area contributed by atoms with E-state index in [4.69, 9.17) is 10.5 Å². The summed E-state index contributed by atoms with van der Waals surface area (Å²) in [5.74, 6) is -0.155. The number of aromatic nitrogens is 1. The van der Waals surface area contributed by atoms with Crippen molar-refractivity contribution in [3.8, 4) is 17.0 Å². The second kappa shape index (κ2) is 7.00. The van der Waals surface area contributed by atoms with Crippen LogP contribution in [0.5, 0.6) is 5.75 Å². The van der Waals surface area contributed by atoms with Crippen molar-refractivity contribution in [1.82, 2.24) is 9.88 Å².